The molecule has 13 heteroatoms. The Morgan fingerprint density at radius 3 is 1.45 bits per heavy atom. The van der Waals surface area contributed by atoms with Crippen molar-refractivity contribution in [1.29, 1.82) is 0 Å². The summed E-state index contributed by atoms with van der Waals surface area (Å²) in [6.07, 6.45) is 32.2. The smallest absolute Gasteiger partial charge is 0.306 e. The SMILES string of the molecule is CCCCCCCCCCCC(=O)O[C@H](CCCCCCCCCCC)CC(=O)N[C@H](CC(=O)O)C(=O)NCCC[C@H](COCOCc1ccccc1)NC(=O)C[C@@H](CCCCCCCCCCC)OCc1ccccc1. The van der Waals surface area contributed by atoms with Gasteiger partial charge in [0.15, 0.2) is 0 Å². The van der Waals surface area contributed by atoms with Crippen molar-refractivity contribution < 1.29 is 48.0 Å². The van der Waals surface area contributed by atoms with Crippen LogP contribution >= 0.6 is 0 Å². The van der Waals surface area contributed by atoms with Gasteiger partial charge in [-0.25, -0.2) is 0 Å². The molecule has 0 aromatic heterocycles. The highest BCUT2D eigenvalue weighted by Gasteiger charge is 2.27. The molecule has 0 aliphatic rings. The van der Waals surface area contributed by atoms with E-state index in [0.29, 0.717) is 32.5 Å². The molecule has 0 fully saturated rings. The van der Waals surface area contributed by atoms with Crippen molar-refractivity contribution in [3.05, 3.63) is 71.8 Å². The molecule has 0 saturated heterocycles. The first kappa shape index (κ1) is 68.8. The van der Waals surface area contributed by atoms with Crippen molar-refractivity contribution in [2.75, 3.05) is 19.9 Å². The van der Waals surface area contributed by atoms with Crippen LogP contribution in [-0.2, 0) is 56.1 Å². The Bertz CT molecular complexity index is 1750. The molecule has 3 amide bonds. The first-order valence-electron chi connectivity index (χ1n) is 30.8. The number of carboxylic acid groups (broad SMARTS) is 1. The van der Waals surface area contributed by atoms with Crippen molar-refractivity contribution in [2.45, 2.75) is 283 Å². The summed E-state index contributed by atoms with van der Waals surface area (Å²) >= 11 is 0. The number of rotatable bonds is 53. The lowest BCUT2D eigenvalue weighted by Crippen LogP contribution is -2.49. The lowest BCUT2D eigenvalue weighted by molar-refractivity contribution is -0.151. The summed E-state index contributed by atoms with van der Waals surface area (Å²) in [5, 5.41) is 18.4. The van der Waals surface area contributed by atoms with Gasteiger partial charge in [-0.1, -0.05) is 242 Å². The predicted octanol–water partition coefficient (Wildman–Crippen LogP) is 14.6. The zero-order chi connectivity index (χ0) is 55.7. The number of unbranched alkanes of at least 4 members (excludes halogenated alkanes) is 24. The van der Waals surface area contributed by atoms with Crippen molar-refractivity contribution in [3.8, 4) is 0 Å². The van der Waals surface area contributed by atoms with Gasteiger partial charge in [0, 0.05) is 13.0 Å². The van der Waals surface area contributed by atoms with Gasteiger partial charge in [-0.3, -0.25) is 24.0 Å². The van der Waals surface area contributed by atoms with E-state index in [1.165, 1.54) is 109 Å². The molecular weight excluding hydrogens is 971 g/mol. The van der Waals surface area contributed by atoms with Crippen LogP contribution in [-0.4, -0.2) is 79.0 Å². The molecular formula is C64H107N3O10. The summed E-state index contributed by atoms with van der Waals surface area (Å²) in [6, 6.07) is 18.0. The van der Waals surface area contributed by atoms with Crippen LogP contribution in [0.25, 0.3) is 0 Å². The molecule has 0 heterocycles. The molecule has 0 unspecified atom stereocenters. The minimum Gasteiger partial charge on any atom is -0.481 e. The van der Waals surface area contributed by atoms with Crippen molar-refractivity contribution in [2.24, 2.45) is 0 Å². The average Bonchev–Trinajstić information content (AvgIpc) is 3.42. The van der Waals surface area contributed by atoms with E-state index < -0.39 is 42.4 Å². The van der Waals surface area contributed by atoms with Crippen LogP contribution in [0.5, 0.6) is 0 Å². The normalized spacial score (nSPS) is 12.9. The first-order valence-corrected chi connectivity index (χ1v) is 30.8. The van der Waals surface area contributed by atoms with Gasteiger partial charge in [0.1, 0.15) is 18.9 Å². The first-order chi connectivity index (χ1) is 37.6. The summed E-state index contributed by atoms with van der Waals surface area (Å²) in [5.74, 6) is -2.88. The van der Waals surface area contributed by atoms with Crippen LogP contribution in [0.1, 0.15) is 257 Å². The number of hydrogen-bond donors (Lipinski definition) is 4. The molecule has 4 N–H and O–H groups in total. The number of amides is 3. The Morgan fingerprint density at radius 1 is 0.481 bits per heavy atom. The highest BCUT2D eigenvalue weighted by Crippen LogP contribution is 2.19. The molecule has 0 aliphatic heterocycles. The molecule has 0 spiro atoms. The topological polar surface area (TPSA) is 179 Å². The van der Waals surface area contributed by atoms with Crippen LogP contribution in [0, 0.1) is 0 Å². The third-order valence-corrected chi connectivity index (χ3v) is 14.2. The molecule has 0 saturated carbocycles. The maximum absolute atomic E-state index is 13.8. The number of carbonyl (C=O) groups is 5. The molecule has 2 rings (SSSR count). The summed E-state index contributed by atoms with van der Waals surface area (Å²) in [5.41, 5.74) is 2.06. The van der Waals surface area contributed by atoms with E-state index in [1.807, 2.05) is 60.7 Å². The molecule has 4 atom stereocenters. The Labute approximate surface area is 466 Å². The van der Waals surface area contributed by atoms with Gasteiger partial charge < -0.3 is 40.0 Å². The number of nitrogens with one attached hydrogen (secondary N) is 3. The predicted molar refractivity (Wildman–Crippen MR) is 310 cm³/mol. The van der Waals surface area contributed by atoms with E-state index >= 15 is 0 Å². The summed E-state index contributed by atoms with van der Waals surface area (Å²) < 4.78 is 24.0. The van der Waals surface area contributed by atoms with Crippen LogP contribution in [0.3, 0.4) is 0 Å². The number of carbonyl (C=O) groups excluding carboxylic acids is 4. The van der Waals surface area contributed by atoms with Crippen LogP contribution in [0.4, 0.5) is 0 Å². The molecule has 0 bridgehead atoms. The van der Waals surface area contributed by atoms with E-state index in [0.717, 1.165) is 81.8 Å². The Hall–Kier alpha value is -4.33. The highest BCUT2D eigenvalue weighted by atomic mass is 16.7. The molecule has 13 nitrogen and oxygen atoms in total. The second-order valence-corrected chi connectivity index (χ2v) is 21.5. The maximum atomic E-state index is 13.8. The van der Waals surface area contributed by atoms with Gasteiger partial charge in [-0.15, -0.1) is 0 Å². The third kappa shape index (κ3) is 40.5. The average molecular weight is 1080 g/mol. The fraction of sp³-hybridized carbons (Fsp3) is 0.734. The molecule has 0 aliphatic carbocycles. The summed E-state index contributed by atoms with van der Waals surface area (Å²) in [7, 11) is 0. The van der Waals surface area contributed by atoms with Gasteiger partial charge in [-0.2, -0.15) is 0 Å². The number of hydrogen-bond acceptors (Lipinski definition) is 9. The van der Waals surface area contributed by atoms with Gasteiger partial charge >= 0.3 is 11.9 Å². The third-order valence-electron chi connectivity index (χ3n) is 14.2. The number of esters is 1. The Morgan fingerprint density at radius 2 is 0.935 bits per heavy atom. The van der Waals surface area contributed by atoms with E-state index in [9.17, 15) is 29.1 Å². The van der Waals surface area contributed by atoms with Crippen LogP contribution in [0.2, 0.25) is 0 Å². The molecule has 0 radical (unpaired) electrons. The quantitative estimate of drug-likeness (QED) is 0.0283. The second-order valence-electron chi connectivity index (χ2n) is 21.5. The Balaban J connectivity index is 2.02. The van der Waals surface area contributed by atoms with E-state index in [2.05, 4.69) is 36.7 Å². The monoisotopic (exact) mass is 1080 g/mol. The fourth-order valence-electron chi connectivity index (χ4n) is 9.63. The second kappa shape index (κ2) is 48.8. The van der Waals surface area contributed by atoms with Gasteiger partial charge in [-0.05, 0) is 49.7 Å². The zero-order valence-electron chi connectivity index (χ0n) is 48.5. The maximum Gasteiger partial charge on any atom is 0.306 e. The minimum atomic E-state index is -1.33. The van der Waals surface area contributed by atoms with E-state index in [4.69, 9.17) is 18.9 Å². The standard InChI is InChI=1S/C64H107N3O10/c1-4-7-10-13-16-19-22-25-34-43-57(76-51-55-40-32-29-33-41-55)47-60(68)66-56(52-75-53-74-50-54-38-30-28-31-39-54)42-37-46-65-64(73)59(49-62(70)71)67-61(69)48-58(44-35-26-23-20-17-14-11-8-5-2)77-63(72)45-36-27-24-21-18-15-12-9-6-3/h28-33,38-41,56-59H,4-27,34-37,42-53H2,1-3H3,(H,65,73)(H,66,68)(H,67,69)(H,70,71)/t56-,57-,58-,59-/m1/s1. The van der Waals surface area contributed by atoms with E-state index in [-0.39, 0.29) is 57.2 Å². The number of aliphatic carboxylic acids is 1. The lowest BCUT2D eigenvalue weighted by atomic mass is 10.0. The molecule has 2 aromatic carbocycles. The Kier molecular flexibility index (Phi) is 43.6. The zero-order valence-corrected chi connectivity index (χ0v) is 48.5. The van der Waals surface area contributed by atoms with Crippen LogP contribution < -0.4 is 16.0 Å². The molecule has 438 valence electrons. The summed E-state index contributed by atoms with van der Waals surface area (Å²) in [4.78, 5) is 65.9. The number of benzene rings is 2. The van der Waals surface area contributed by atoms with Gasteiger partial charge in [0.25, 0.3) is 0 Å². The van der Waals surface area contributed by atoms with Gasteiger partial charge in [0.2, 0.25) is 17.7 Å². The minimum absolute atomic E-state index is 0.0224. The lowest BCUT2D eigenvalue weighted by Gasteiger charge is -2.23. The van der Waals surface area contributed by atoms with Crippen molar-refractivity contribution in [1.82, 2.24) is 16.0 Å². The molecule has 2 aromatic rings. The van der Waals surface area contributed by atoms with Crippen LogP contribution in [0.15, 0.2) is 60.7 Å². The number of carboxylic acids is 1. The highest BCUT2D eigenvalue weighted by molar-refractivity contribution is 5.90. The largest absolute Gasteiger partial charge is 0.481 e. The number of ether oxygens (including phenoxy) is 4. The van der Waals surface area contributed by atoms with E-state index in [1.54, 1.807) is 0 Å². The van der Waals surface area contributed by atoms with Gasteiger partial charge in [0.05, 0.1) is 51.2 Å². The van der Waals surface area contributed by atoms with Crippen molar-refractivity contribution >= 4 is 29.7 Å². The fourth-order valence-corrected chi connectivity index (χ4v) is 9.63. The molecule has 77 heavy (non-hydrogen) atoms. The van der Waals surface area contributed by atoms with Crippen molar-refractivity contribution in [3.63, 3.8) is 0 Å². The summed E-state index contributed by atoms with van der Waals surface area (Å²) in [6.45, 7) is 7.82.